The fourth-order valence-electron chi connectivity index (χ4n) is 2.56. The van der Waals surface area contributed by atoms with Crippen LogP contribution in [0.1, 0.15) is 6.42 Å². The summed E-state index contributed by atoms with van der Waals surface area (Å²) in [6, 6.07) is 5.67. The largest absolute Gasteiger partial charge is 0.396 e. The summed E-state index contributed by atoms with van der Waals surface area (Å²) in [6.45, 7) is 1.93. The number of hydrogen-bond acceptors (Lipinski definition) is 5. The van der Waals surface area contributed by atoms with E-state index in [-0.39, 0.29) is 19.1 Å². The van der Waals surface area contributed by atoms with Gasteiger partial charge in [0.05, 0.1) is 17.6 Å². The summed E-state index contributed by atoms with van der Waals surface area (Å²) in [5, 5.41) is 8.94. The second kappa shape index (κ2) is 5.71. The van der Waals surface area contributed by atoms with Crippen LogP contribution in [0.25, 0.3) is 11.0 Å². The van der Waals surface area contributed by atoms with Gasteiger partial charge in [-0.05, 0) is 24.6 Å². The fourth-order valence-corrected chi connectivity index (χ4v) is 2.56. The van der Waals surface area contributed by atoms with E-state index < -0.39 is 0 Å². The van der Waals surface area contributed by atoms with Crippen molar-refractivity contribution < 1.29 is 14.6 Å². The minimum Gasteiger partial charge on any atom is -0.396 e. The molecule has 7 heteroatoms. The standard InChI is InChI=1S/C14H18N4O3/c15-14-16-11-8-10(17-5-7-21-9-13(17)20)2-3-12(11)18(14)4-1-6-19/h2-3,8,19H,1,4-7,9H2,(H2,15,16). The Morgan fingerprint density at radius 2 is 2.29 bits per heavy atom. The predicted octanol–water partition coefficient (Wildman–Crippen LogP) is 0.364. The molecule has 0 aliphatic carbocycles. The highest BCUT2D eigenvalue weighted by Gasteiger charge is 2.21. The number of carbonyl (C=O) groups excluding carboxylic acids is 1. The number of amides is 1. The first-order valence-corrected chi connectivity index (χ1v) is 6.95. The first-order valence-electron chi connectivity index (χ1n) is 6.95. The van der Waals surface area contributed by atoms with Crippen molar-refractivity contribution >= 4 is 28.6 Å². The lowest BCUT2D eigenvalue weighted by atomic mass is 10.2. The van der Waals surface area contributed by atoms with Crippen LogP contribution in [0.3, 0.4) is 0 Å². The third-order valence-electron chi connectivity index (χ3n) is 3.60. The van der Waals surface area contributed by atoms with Crippen LogP contribution in [0.4, 0.5) is 11.6 Å². The van der Waals surface area contributed by atoms with Gasteiger partial charge >= 0.3 is 0 Å². The number of ether oxygens (including phenoxy) is 1. The summed E-state index contributed by atoms with van der Waals surface area (Å²) >= 11 is 0. The second-order valence-electron chi connectivity index (χ2n) is 4.97. The molecule has 3 rings (SSSR count). The lowest BCUT2D eigenvalue weighted by molar-refractivity contribution is -0.125. The fraction of sp³-hybridized carbons (Fsp3) is 0.429. The summed E-state index contributed by atoms with van der Waals surface area (Å²) in [5.41, 5.74) is 8.39. The van der Waals surface area contributed by atoms with E-state index in [1.165, 1.54) is 0 Å². The van der Waals surface area contributed by atoms with Crippen molar-refractivity contribution in [2.75, 3.05) is 37.0 Å². The van der Waals surface area contributed by atoms with Crippen LogP contribution in [-0.2, 0) is 16.1 Å². The molecule has 1 aromatic carbocycles. The molecule has 7 nitrogen and oxygen atoms in total. The number of benzene rings is 1. The highest BCUT2D eigenvalue weighted by atomic mass is 16.5. The molecule has 0 bridgehead atoms. The lowest BCUT2D eigenvalue weighted by Gasteiger charge is -2.26. The molecule has 2 heterocycles. The highest BCUT2D eigenvalue weighted by Crippen LogP contribution is 2.25. The molecule has 21 heavy (non-hydrogen) atoms. The number of aliphatic hydroxyl groups excluding tert-OH is 1. The third kappa shape index (κ3) is 2.57. The van der Waals surface area contributed by atoms with Crippen molar-refractivity contribution in [2.45, 2.75) is 13.0 Å². The molecule has 1 aromatic heterocycles. The number of fused-ring (bicyclic) bond motifs is 1. The van der Waals surface area contributed by atoms with Gasteiger partial charge < -0.3 is 25.0 Å². The van der Waals surface area contributed by atoms with Gasteiger partial charge in [0.2, 0.25) is 5.95 Å². The molecule has 1 aliphatic heterocycles. The number of imidazole rings is 1. The normalized spacial score (nSPS) is 15.9. The number of hydrogen-bond donors (Lipinski definition) is 2. The number of aryl methyl sites for hydroxylation is 1. The number of nitrogens with zero attached hydrogens (tertiary/aromatic N) is 3. The van der Waals surface area contributed by atoms with Gasteiger partial charge in [-0.25, -0.2) is 4.98 Å². The van der Waals surface area contributed by atoms with Gasteiger partial charge in [-0.2, -0.15) is 0 Å². The van der Waals surface area contributed by atoms with Crippen molar-refractivity contribution in [1.82, 2.24) is 9.55 Å². The summed E-state index contributed by atoms with van der Waals surface area (Å²) in [6.07, 6.45) is 0.624. The molecule has 1 amide bonds. The topological polar surface area (TPSA) is 93.6 Å². The number of aromatic nitrogens is 2. The summed E-state index contributed by atoms with van der Waals surface area (Å²) in [7, 11) is 0. The Hall–Kier alpha value is -2.12. The van der Waals surface area contributed by atoms with Crippen LogP contribution in [-0.4, -0.2) is 46.9 Å². The van der Waals surface area contributed by atoms with E-state index in [0.717, 1.165) is 16.7 Å². The monoisotopic (exact) mass is 290 g/mol. The molecule has 0 spiro atoms. The summed E-state index contributed by atoms with van der Waals surface area (Å²) in [5.74, 6) is 0.372. The van der Waals surface area contributed by atoms with Crippen molar-refractivity contribution in [2.24, 2.45) is 0 Å². The molecule has 1 aliphatic rings. The quantitative estimate of drug-likeness (QED) is 0.848. The van der Waals surface area contributed by atoms with E-state index >= 15 is 0 Å². The number of nitrogens with two attached hydrogens (primary N) is 1. The Balaban J connectivity index is 1.95. The number of anilines is 2. The molecule has 0 atom stereocenters. The molecule has 1 saturated heterocycles. The smallest absolute Gasteiger partial charge is 0.253 e. The molecule has 3 N–H and O–H groups in total. The highest BCUT2D eigenvalue weighted by molar-refractivity contribution is 5.96. The average Bonchev–Trinajstić information content (AvgIpc) is 2.80. The zero-order valence-electron chi connectivity index (χ0n) is 11.7. The Labute approximate surface area is 121 Å². The van der Waals surface area contributed by atoms with Crippen molar-refractivity contribution in [3.8, 4) is 0 Å². The predicted molar refractivity (Wildman–Crippen MR) is 79.0 cm³/mol. The number of carbonyl (C=O) groups is 1. The van der Waals surface area contributed by atoms with Gasteiger partial charge in [0, 0.05) is 25.4 Å². The van der Waals surface area contributed by atoms with Crippen LogP contribution in [0.2, 0.25) is 0 Å². The maximum atomic E-state index is 11.9. The number of rotatable bonds is 4. The van der Waals surface area contributed by atoms with Crippen molar-refractivity contribution in [3.63, 3.8) is 0 Å². The Kier molecular flexibility index (Phi) is 3.76. The van der Waals surface area contributed by atoms with Crippen LogP contribution >= 0.6 is 0 Å². The molecule has 112 valence electrons. The van der Waals surface area contributed by atoms with Gasteiger partial charge in [-0.15, -0.1) is 0 Å². The van der Waals surface area contributed by atoms with E-state index in [4.69, 9.17) is 15.6 Å². The van der Waals surface area contributed by atoms with E-state index in [9.17, 15) is 4.79 Å². The minimum absolute atomic E-state index is 0.0479. The molecule has 0 unspecified atom stereocenters. The Bertz CT molecular complexity index is 668. The zero-order chi connectivity index (χ0) is 14.8. The summed E-state index contributed by atoms with van der Waals surface area (Å²) in [4.78, 5) is 17.9. The SMILES string of the molecule is Nc1nc2cc(N3CCOCC3=O)ccc2n1CCCO. The van der Waals surface area contributed by atoms with Crippen LogP contribution in [0.15, 0.2) is 18.2 Å². The van der Waals surface area contributed by atoms with Gasteiger partial charge in [0.15, 0.2) is 0 Å². The molecule has 2 aromatic rings. The average molecular weight is 290 g/mol. The lowest BCUT2D eigenvalue weighted by Crippen LogP contribution is -2.41. The number of nitrogen functional groups attached to an aromatic ring is 1. The maximum Gasteiger partial charge on any atom is 0.253 e. The zero-order valence-corrected chi connectivity index (χ0v) is 11.7. The van der Waals surface area contributed by atoms with Gasteiger partial charge in [0.25, 0.3) is 5.91 Å². The number of morpholine rings is 1. The van der Waals surface area contributed by atoms with Crippen LogP contribution in [0, 0.1) is 0 Å². The van der Waals surface area contributed by atoms with Crippen molar-refractivity contribution in [1.29, 1.82) is 0 Å². The van der Waals surface area contributed by atoms with Crippen LogP contribution in [0.5, 0.6) is 0 Å². The van der Waals surface area contributed by atoms with Gasteiger partial charge in [-0.1, -0.05) is 0 Å². The molecule has 1 fully saturated rings. The van der Waals surface area contributed by atoms with E-state index in [1.807, 2.05) is 22.8 Å². The Morgan fingerprint density at radius 1 is 1.43 bits per heavy atom. The van der Waals surface area contributed by atoms with Gasteiger partial charge in [-0.3, -0.25) is 4.79 Å². The molecular weight excluding hydrogens is 272 g/mol. The molecular formula is C14H18N4O3. The first kappa shape index (κ1) is 13.8. The first-order chi connectivity index (χ1) is 10.2. The molecule has 0 radical (unpaired) electrons. The summed E-state index contributed by atoms with van der Waals surface area (Å²) < 4.78 is 7.01. The van der Waals surface area contributed by atoms with Crippen LogP contribution < -0.4 is 10.6 Å². The van der Waals surface area contributed by atoms with E-state index in [0.29, 0.717) is 32.1 Å². The second-order valence-corrected chi connectivity index (χ2v) is 4.97. The van der Waals surface area contributed by atoms with E-state index in [2.05, 4.69) is 4.98 Å². The number of aliphatic hydroxyl groups is 1. The van der Waals surface area contributed by atoms with Crippen molar-refractivity contribution in [3.05, 3.63) is 18.2 Å². The Morgan fingerprint density at radius 3 is 3.05 bits per heavy atom. The molecule has 0 saturated carbocycles. The third-order valence-corrected chi connectivity index (χ3v) is 3.60. The van der Waals surface area contributed by atoms with E-state index in [1.54, 1.807) is 4.90 Å². The maximum absolute atomic E-state index is 11.9. The van der Waals surface area contributed by atoms with Gasteiger partial charge in [0.1, 0.15) is 6.61 Å². The minimum atomic E-state index is -0.0479.